The lowest BCUT2D eigenvalue weighted by molar-refractivity contribution is -0.136. The molecular formula is C22H28N4O3. The summed E-state index contributed by atoms with van der Waals surface area (Å²) in [7, 11) is 0. The summed E-state index contributed by atoms with van der Waals surface area (Å²) in [5, 5.41) is 2.37. The van der Waals surface area contributed by atoms with Gasteiger partial charge in [-0.15, -0.1) is 0 Å². The Balaban J connectivity index is 1.34. The predicted octanol–water partition coefficient (Wildman–Crippen LogP) is 1.01. The van der Waals surface area contributed by atoms with Crippen molar-refractivity contribution in [1.82, 2.24) is 15.1 Å². The summed E-state index contributed by atoms with van der Waals surface area (Å²) in [6.45, 7) is 3.20. The van der Waals surface area contributed by atoms with Gasteiger partial charge in [0.05, 0.1) is 0 Å². The molecule has 4 aliphatic rings. The molecule has 3 fully saturated rings. The Morgan fingerprint density at radius 1 is 1.10 bits per heavy atom. The number of benzene rings is 1. The maximum absolute atomic E-state index is 13.0. The van der Waals surface area contributed by atoms with Crippen LogP contribution >= 0.6 is 0 Å². The van der Waals surface area contributed by atoms with Crippen LogP contribution < -0.4 is 11.1 Å². The molecule has 5 rings (SSSR count). The van der Waals surface area contributed by atoms with Crippen LogP contribution in [0.25, 0.3) is 0 Å². The van der Waals surface area contributed by atoms with E-state index >= 15 is 0 Å². The lowest BCUT2D eigenvalue weighted by Crippen LogP contribution is -2.52. The van der Waals surface area contributed by atoms with Crippen molar-refractivity contribution in [3.63, 3.8) is 0 Å². The number of carbonyl (C=O) groups is 3. The van der Waals surface area contributed by atoms with E-state index in [0.717, 1.165) is 30.8 Å². The van der Waals surface area contributed by atoms with Gasteiger partial charge in [0.25, 0.3) is 5.91 Å². The van der Waals surface area contributed by atoms with Crippen LogP contribution in [0.5, 0.6) is 0 Å². The SMILES string of the molecule is N[C@@H]1CN(Cc2cccc3c2CN(C2CCC(=O)NC2=O)C3=O)C[C@@H]2CCC[C@@H]21. The average Bonchev–Trinajstić information content (AvgIpc) is 3.28. The Morgan fingerprint density at radius 3 is 2.79 bits per heavy atom. The number of hydrogen-bond donors (Lipinski definition) is 2. The second-order valence-corrected chi connectivity index (χ2v) is 9.06. The Morgan fingerprint density at radius 2 is 1.97 bits per heavy atom. The molecule has 154 valence electrons. The number of hydrogen-bond acceptors (Lipinski definition) is 5. The van der Waals surface area contributed by atoms with E-state index in [0.29, 0.717) is 30.4 Å². The van der Waals surface area contributed by atoms with Crippen LogP contribution in [0.1, 0.15) is 53.6 Å². The standard InChI is InChI=1S/C22H28N4O3/c23-18-12-25(9-13-3-1-5-15(13)18)10-14-4-2-6-16-17(14)11-26(22(16)29)19-7-8-20(27)24-21(19)28/h2,4,6,13,15,18-19H,1,3,5,7-12,23H2,(H,24,27,28)/t13-,15-,18+,19?/m0/s1. The van der Waals surface area contributed by atoms with Crippen molar-refractivity contribution < 1.29 is 14.4 Å². The molecule has 29 heavy (non-hydrogen) atoms. The Kier molecular flexibility index (Phi) is 4.67. The maximum atomic E-state index is 13.0. The molecule has 3 heterocycles. The van der Waals surface area contributed by atoms with Crippen LogP contribution in [0.4, 0.5) is 0 Å². The number of fused-ring (bicyclic) bond motifs is 2. The summed E-state index contributed by atoms with van der Waals surface area (Å²) in [5.74, 6) is 0.623. The van der Waals surface area contributed by atoms with Gasteiger partial charge in [0.15, 0.2) is 0 Å². The van der Waals surface area contributed by atoms with Gasteiger partial charge in [-0.3, -0.25) is 24.6 Å². The third-order valence-electron chi connectivity index (χ3n) is 7.30. The summed E-state index contributed by atoms with van der Waals surface area (Å²) in [4.78, 5) is 40.8. The highest BCUT2D eigenvalue weighted by Gasteiger charge is 2.41. The minimum Gasteiger partial charge on any atom is -0.326 e. The minimum absolute atomic E-state index is 0.109. The molecule has 2 saturated heterocycles. The predicted molar refractivity (Wildman–Crippen MR) is 107 cm³/mol. The Hall–Kier alpha value is -2.25. The maximum Gasteiger partial charge on any atom is 0.255 e. The van der Waals surface area contributed by atoms with Gasteiger partial charge in [-0.2, -0.15) is 0 Å². The Labute approximate surface area is 170 Å². The van der Waals surface area contributed by atoms with E-state index in [4.69, 9.17) is 5.73 Å². The smallest absolute Gasteiger partial charge is 0.255 e. The van der Waals surface area contributed by atoms with E-state index in [1.54, 1.807) is 4.90 Å². The quantitative estimate of drug-likeness (QED) is 0.744. The van der Waals surface area contributed by atoms with Crippen molar-refractivity contribution in [3.05, 3.63) is 34.9 Å². The summed E-state index contributed by atoms with van der Waals surface area (Å²) in [6.07, 6.45) is 4.48. The molecule has 0 bridgehead atoms. The molecule has 1 saturated carbocycles. The normalized spacial score (nSPS) is 32.3. The van der Waals surface area contributed by atoms with Crippen LogP contribution in [0.15, 0.2) is 18.2 Å². The number of amides is 3. The zero-order chi connectivity index (χ0) is 20.1. The van der Waals surface area contributed by atoms with Crippen molar-refractivity contribution in [1.29, 1.82) is 0 Å². The molecule has 1 aromatic carbocycles. The number of nitrogens with one attached hydrogen (secondary N) is 1. The zero-order valence-electron chi connectivity index (χ0n) is 16.6. The minimum atomic E-state index is -0.567. The lowest BCUT2D eigenvalue weighted by atomic mass is 9.85. The molecule has 1 aliphatic carbocycles. The first-order valence-electron chi connectivity index (χ1n) is 10.7. The second-order valence-electron chi connectivity index (χ2n) is 9.06. The summed E-state index contributed by atoms with van der Waals surface area (Å²) in [6, 6.07) is 5.54. The fourth-order valence-corrected chi connectivity index (χ4v) is 5.86. The zero-order valence-corrected chi connectivity index (χ0v) is 16.6. The third-order valence-corrected chi connectivity index (χ3v) is 7.30. The number of likely N-dealkylation sites (tertiary alicyclic amines) is 1. The molecule has 1 aromatic rings. The second kappa shape index (κ2) is 7.22. The monoisotopic (exact) mass is 396 g/mol. The van der Waals surface area contributed by atoms with E-state index in [9.17, 15) is 14.4 Å². The molecule has 3 aliphatic heterocycles. The van der Waals surface area contributed by atoms with E-state index in [1.807, 2.05) is 12.1 Å². The molecule has 3 N–H and O–H groups in total. The van der Waals surface area contributed by atoms with Gasteiger partial charge in [0.1, 0.15) is 6.04 Å². The van der Waals surface area contributed by atoms with Crippen LogP contribution in [0.3, 0.4) is 0 Å². The van der Waals surface area contributed by atoms with Gasteiger partial charge in [-0.25, -0.2) is 0 Å². The van der Waals surface area contributed by atoms with E-state index in [-0.39, 0.29) is 30.2 Å². The van der Waals surface area contributed by atoms with Crippen molar-refractivity contribution in [3.8, 4) is 0 Å². The van der Waals surface area contributed by atoms with Gasteiger partial charge in [-0.05, 0) is 48.3 Å². The van der Waals surface area contributed by atoms with Gasteiger partial charge in [0, 0.05) is 44.2 Å². The fraction of sp³-hybridized carbons (Fsp3) is 0.591. The Bertz CT molecular complexity index is 870. The number of nitrogens with zero attached hydrogens (tertiary/aromatic N) is 2. The molecule has 7 heteroatoms. The highest BCUT2D eigenvalue weighted by molar-refractivity contribution is 6.05. The van der Waals surface area contributed by atoms with Crippen molar-refractivity contribution in [2.45, 2.75) is 57.3 Å². The number of piperidine rings is 2. The molecule has 4 atom stereocenters. The van der Waals surface area contributed by atoms with Crippen LogP contribution in [-0.4, -0.2) is 52.7 Å². The highest BCUT2D eigenvalue weighted by atomic mass is 16.2. The van der Waals surface area contributed by atoms with E-state index < -0.39 is 6.04 Å². The molecule has 0 spiro atoms. The number of nitrogens with two attached hydrogens (primary N) is 1. The summed E-state index contributed by atoms with van der Waals surface area (Å²) < 4.78 is 0. The van der Waals surface area contributed by atoms with Crippen molar-refractivity contribution >= 4 is 17.7 Å². The average molecular weight is 396 g/mol. The topological polar surface area (TPSA) is 95.7 Å². The van der Waals surface area contributed by atoms with Gasteiger partial charge in [-0.1, -0.05) is 18.6 Å². The molecule has 1 unspecified atom stereocenters. The van der Waals surface area contributed by atoms with E-state index in [1.165, 1.54) is 19.3 Å². The molecular weight excluding hydrogens is 368 g/mol. The molecule has 3 amide bonds. The van der Waals surface area contributed by atoms with Crippen molar-refractivity contribution in [2.24, 2.45) is 17.6 Å². The van der Waals surface area contributed by atoms with Gasteiger partial charge >= 0.3 is 0 Å². The number of rotatable bonds is 3. The van der Waals surface area contributed by atoms with Crippen LogP contribution in [0.2, 0.25) is 0 Å². The number of carbonyl (C=O) groups excluding carboxylic acids is 3. The number of imide groups is 1. The summed E-state index contributed by atoms with van der Waals surface area (Å²) >= 11 is 0. The highest BCUT2D eigenvalue weighted by Crippen LogP contribution is 2.38. The first-order chi connectivity index (χ1) is 14.0. The van der Waals surface area contributed by atoms with E-state index in [2.05, 4.69) is 16.3 Å². The largest absolute Gasteiger partial charge is 0.326 e. The molecule has 0 radical (unpaired) electrons. The molecule has 7 nitrogen and oxygen atoms in total. The third kappa shape index (κ3) is 3.26. The van der Waals surface area contributed by atoms with Gasteiger partial charge < -0.3 is 10.6 Å². The fourth-order valence-electron chi connectivity index (χ4n) is 5.86. The van der Waals surface area contributed by atoms with Gasteiger partial charge in [0.2, 0.25) is 11.8 Å². The summed E-state index contributed by atoms with van der Waals surface area (Å²) in [5.41, 5.74) is 9.32. The molecule has 0 aromatic heterocycles. The van der Waals surface area contributed by atoms with Crippen LogP contribution in [-0.2, 0) is 22.7 Å². The lowest BCUT2D eigenvalue weighted by Gasteiger charge is -2.39. The first-order valence-corrected chi connectivity index (χ1v) is 10.7. The van der Waals surface area contributed by atoms with Crippen molar-refractivity contribution in [2.75, 3.05) is 13.1 Å². The first kappa shape index (κ1) is 18.8. The van der Waals surface area contributed by atoms with Crippen LogP contribution in [0, 0.1) is 11.8 Å².